The molecule has 1 aliphatic heterocycles. The Bertz CT molecular complexity index is 594. The average molecular weight is 377 g/mol. The first kappa shape index (κ1) is 20.0. The lowest BCUT2D eigenvalue weighted by molar-refractivity contribution is -0.198. The van der Waals surface area contributed by atoms with Crippen molar-refractivity contribution < 1.29 is 18.0 Å². The molecule has 1 heterocycles. The van der Waals surface area contributed by atoms with Crippen molar-refractivity contribution in [2.75, 3.05) is 13.1 Å². The monoisotopic (exact) mass is 376 g/mol. The molecule has 2 N–H and O–H groups in total. The maximum absolute atomic E-state index is 13.2. The number of nitrogens with one attached hydrogen (secondary N) is 2. The molecule has 3 rings (SSSR count). The molecule has 0 aromatic heterocycles. The number of hydrogen-bond acceptors (Lipinski definition) is 2. The summed E-state index contributed by atoms with van der Waals surface area (Å²) in [5.74, 6) is -2.91. The van der Waals surface area contributed by atoms with Gasteiger partial charge in [0, 0.05) is 18.5 Å². The minimum absolute atomic E-state index is 0. The molecule has 1 fully saturated rings. The first-order valence-corrected chi connectivity index (χ1v) is 8.62. The summed E-state index contributed by atoms with van der Waals surface area (Å²) in [7, 11) is 0. The van der Waals surface area contributed by atoms with E-state index in [1.165, 1.54) is 5.56 Å². The van der Waals surface area contributed by atoms with E-state index in [-0.39, 0.29) is 24.9 Å². The van der Waals surface area contributed by atoms with E-state index in [2.05, 4.69) is 16.7 Å². The van der Waals surface area contributed by atoms with Crippen LogP contribution in [-0.2, 0) is 11.2 Å². The molecule has 1 aromatic carbocycles. The standard InChI is InChI=1S/C18H23F3N2O.ClH/c19-18(20,21)15-8-4-3-7-14(15)17(24)23-11-16-13-6-2-1-5-12(13)9-10-22-16;/h1-2,5-6,14-16,22H,3-4,7-11H2,(H,23,24);1H. The van der Waals surface area contributed by atoms with Crippen LogP contribution in [-0.4, -0.2) is 25.2 Å². The molecule has 0 saturated heterocycles. The molecule has 3 nitrogen and oxygen atoms in total. The van der Waals surface area contributed by atoms with Crippen molar-refractivity contribution in [3.8, 4) is 0 Å². The van der Waals surface area contributed by atoms with E-state index in [1.807, 2.05) is 18.2 Å². The number of carbonyl (C=O) groups is 1. The highest BCUT2D eigenvalue weighted by molar-refractivity contribution is 5.85. The van der Waals surface area contributed by atoms with Crippen molar-refractivity contribution in [1.82, 2.24) is 10.6 Å². The molecule has 3 unspecified atom stereocenters. The Morgan fingerprint density at radius 1 is 1.20 bits per heavy atom. The second kappa shape index (κ2) is 8.41. The molecular formula is C18H24ClF3N2O. The van der Waals surface area contributed by atoms with Gasteiger partial charge < -0.3 is 10.6 Å². The molecule has 2 aliphatic rings. The van der Waals surface area contributed by atoms with Gasteiger partial charge in [-0.05, 0) is 36.9 Å². The van der Waals surface area contributed by atoms with Gasteiger partial charge >= 0.3 is 6.18 Å². The zero-order valence-electron chi connectivity index (χ0n) is 13.9. The topological polar surface area (TPSA) is 41.1 Å². The summed E-state index contributed by atoms with van der Waals surface area (Å²) in [6.07, 6.45) is -1.74. The average Bonchev–Trinajstić information content (AvgIpc) is 2.59. The van der Waals surface area contributed by atoms with Gasteiger partial charge in [-0.15, -0.1) is 12.4 Å². The highest BCUT2D eigenvalue weighted by Gasteiger charge is 2.48. The lowest BCUT2D eigenvalue weighted by Crippen LogP contribution is -2.45. The molecular weight excluding hydrogens is 353 g/mol. The summed E-state index contributed by atoms with van der Waals surface area (Å²) in [5.41, 5.74) is 2.36. The minimum Gasteiger partial charge on any atom is -0.354 e. The molecule has 1 amide bonds. The third-order valence-electron chi connectivity index (χ3n) is 5.22. The summed E-state index contributed by atoms with van der Waals surface area (Å²) in [5, 5.41) is 6.10. The van der Waals surface area contributed by atoms with Crippen LogP contribution in [0.1, 0.15) is 42.9 Å². The van der Waals surface area contributed by atoms with Gasteiger partial charge in [-0.25, -0.2) is 0 Å². The van der Waals surface area contributed by atoms with Gasteiger partial charge in [0.2, 0.25) is 5.91 Å². The van der Waals surface area contributed by atoms with Crippen LogP contribution >= 0.6 is 12.4 Å². The van der Waals surface area contributed by atoms with E-state index in [1.54, 1.807) is 0 Å². The number of hydrogen-bond donors (Lipinski definition) is 2. The van der Waals surface area contributed by atoms with E-state index >= 15 is 0 Å². The number of halogens is 4. The number of fused-ring (bicyclic) bond motifs is 1. The maximum atomic E-state index is 13.2. The summed E-state index contributed by atoms with van der Waals surface area (Å²) in [6, 6.07) is 7.97. The molecule has 0 radical (unpaired) electrons. The molecule has 0 spiro atoms. The molecule has 0 bridgehead atoms. The molecule has 1 aromatic rings. The van der Waals surface area contributed by atoms with E-state index in [9.17, 15) is 18.0 Å². The van der Waals surface area contributed by atoms with Crippen LogP contribution in [0.2, 0.25) is 0 Å². The lowest BCUT2D eigenvalue weighted by Gasteiger charge is -2.33. The van der Waals surface area contributed by atoms with Crippen molar-refractivity contribution in [3.63, 3.8) is 0 Å². The highest BCUT2D eigenvalue weighted by atomic mass is 35.5. The number of alkyl halides is 3. The minimum atomic E-state index is -4.29. The number of carbonyl (C=O) groups excluding carboxylic acids is 1. The second-order valence-electron chi connectivity index (χ2n) is 6.74. The first-order chi connectivity index (χ1) is 11.5. The van der Waals surface area contributed by atoms with E-state index in [0.29, 0.717) is 25.8 Å². The summed E-state index contributed by atoms with van der Waals surface area (Å²) >= 11 is 0. The van der Waals surface area contributed by atoms with Gasteiger partial charge in [-0.1, -0.05) is 37.1 Å². The zero-order valence-corrected chi connectivity index (χ0v) is 14.8. The predicted octanol–water partition coefficient (Wildman–Crippen LogP) is 3.78. The SMILES string of the molecule is Cl.O=C(NCC1NCCc2ccccc21)C1CCCCC1C(F)(F)F. The lowest BCUT2D eigenvalue weighted by atomic mass is 9.78. The fourth-order valence-electron chi connectivity index (χ4n) is 3.95. The Kier molecular flexibility index (Phi) is 6.74. The molecule has 140 valence electrons. The molecule has 7 heteroatoms. The normalized spacial score (nSPS) is 26.3. The third kappa shape index (κ3) is 4.67. The van der Waals surface area contributed by atoms with Crippen LogP contribution in [0.5, 0.6) is 0 Å². The van der Waals surface area contributed by atoms with Crippen molar-refractivity contribution in [1.29, 1.82) is 0 Å². The van der Waals surface area contributed by atoms with Crippen LogP contribution in [0.4, 0.5) is 13.2 Å². The van der Waals surface area contributed by atoms with Gasteiger partial charge in [-0.3, -0.25) is 4.79 Å². The summed E-state index contributed by atoms with van der Waals surface area (Å²) in [6.45, 7) is 1.14. The molecule has 1 saturated carbocycles. The van der Waals surface area contributed by atoms with Crippen LogP contribution in [0.25, 0.3) is 0 Å². The zero-order chi connectivity index (χ0) is 17.2. The number of rotatable bonds is 3. The predicted molar refractivity (Wildman–Crippen MR) is 92.7 cm³/mol. The first-order valence-electron chi connectivity index (χ1n) is 8.62. The van der Waals surface area contributed by atoms with E-state index in [4.69, 9.17) is 0 Å². The Morgan fingerprint density at radius 2 is 1.92 bits per heavy atom. The highest BCUT2D eigenvalue weighted by Crippen LogP contribution is 2.41. The Morgan fingerprint density at radius 3 is 2.68 bits per heavy atom. The van der Waals surface area contributed by atoms with E-state index in [0.717, 1.165) is 18.5 Å². The van der Waals surface area contributed by atoms with E-state index < -0.39 is 23.9 Å². The smallest absolute Gasteiger partial charge is 0.354 e. The van der Waals surface area contributed by atoms with Crippen LogP contribution in [0.3, 0.4) is 0 Å². The number of amides is 1. The Balaban J connectivity index is 0.00000225. The van der Waals surface area contributed by atoms with Crippen molar-refractivity contribution >= 4 is 18.3 Å². The maximum Gasteiger partial charge on any atom is 0.392 e. The van der Waals surface area contributed by atoms with Crippen molar-refractivity contribution in [3.05, 3.63) is 35.4 Å². The fraction of sp³-hybridized carbons (Fsp3) is 0.611. The van der Waals surface area contributed by atoms with Gasteiger partial charge in [0.15, 0.2) is 0 Å². The van der Waals surface area contributed by atoms with Gasteiger partial charge in [0.05, 0.1) is 5.92 Å². The summed E-state index contributed by atoms with van der Waals surface area (Å²) < 4.78 is 39.5. The number of benzene rings is 1. The van der Waals surface area contributed by atoms with Crippen LogP contribution in [0.15, 0.2) is 24.3 Å². The van der Waals surface area contributed by atoms with Gasteiger partial charge in [0.1, 0.15) is 0 Å². The molecule has 1 aliphatic carbocycles. The Labute approximate surface area is 152 Å². The van der Waals surface area contributed by atoms with Crippen molar-refractivity contribution in [2.24, 2.45) is 11.8 Å². The van der Waals surface area contributed by atoms with Gasteiger partial charge in [-0.2, -0.15) is 13.2 Å². The molecule has 25 heavy (non-hydrogen) atoms. The van der Waals surface area contributed by atoms with Gasteiger partial charge in [0.25, 0.3) is 0 Å². The quantitative estimate of drug-likeness (QED) is 0.843. The molecule has 3 atom stereocenters. The second-order valence-corrected chi connectivity index (χ2v) is 6.74. The van der Waals surface area contributed by atoms with Crippen LogP contribution < -0.4 is 10.6 Å². The third-order valence-corrected chi connectivity index (χ3v) is 5.22. The Hall–Kier alpha value is -1.27. The summed E-state index contributed by atoms with van der Waals surface area (Å²) in [4.78, 5) is 12.4. The largest absolute Gasteiger partial charge is 0.392 e. The van der Waals surface area contributed by atoms with Crippen molar-refractivity contribution in [2.45, 2.75) is 44.3 Å². The van der Waals surface area contributed by atoms with Crippen LogP contribution in [0, 0.1) is 11.8 Å². The fourth-order valence-corrected chi connectivity index (χ4v) is 3.95.